The highest BCUT2D eigenvalue weighted by Crippen LogP contribution is 2.39. The van der Waals surface area contributed by atoms with Gasteiger partial charge in [0.2, 0.25) is 0 Å². The first-order valence-corrected chi connectivity index (χ1v) is 9.04. The van der Waals surface area contributed by atoms with E-state index in [9.17, 15) is 18.3 Å². The van der Waals surface area contributed by atoms with Gasteiger partial charge in [-0.15, -0.1) is 0 Å². The molecule has 0 radical (unpaired) electrons. The van der Waals surface area contributed by atoms with E-state index in [1.807, 2.05) is 0 Å². The van der Waals surface area contributed by atoms with Gasteiger partial charge in [0.15, 0.2) is 0 Å². The van der Waals surface area contributed by atoms with E-state index in [1.54, 1.807) is 48.8 Å². The smallest absolute Gasteiger partial charge is 0.416 e. The molecule has 4 rings (SSSR count). The van der Waals surface area contributed by atoms with Crippen LogP contribution in [0.15, 0.2) is 79.3 Å². The van der Waals surface area contributed by atoms with Crippen LogP contribution in [0.3, 0.4) is 0 Å². The summed E-state index contributed by atoms with van der Waals surface area (Å²) < 4.78 is 39.0. The summed E-state index contributed by atoms with van der Waals surface area (Å²) in [6.45, 7) is 0. The summed E-state index contributed by atoms with van der Waals surface area (Å²) in [6, 6.07) is 14.4. The zero-order valence-corrected chi connectivity index (χ0v) is 15.6. The quantitative estimate of drug-likeness (QED) is 0.373. The molecule has 0 aliphatic carbocycles. The zero-order valence-electron chi connectivity index (χ0n) is 15.6. The highest BCUT2D eigenvalue weighted by atomic mass is 19.4. The minimum atomic E-state index is -4.45. The number of fused-ring (bicyclic) bond motifs is 1. The molecule has 3 N–H and O–H groups in total. The van der Waals surface area contributed by atoms with Crippen molar-refractivity contribution >= 4 is 16.6 Å². The van der Waals surface area contributed by atoms with Crippen molar-refractivity contribution in [2.24, 2.45) is 5.84 Å². The third-order valence-corrected chi connectivity index (χ3v) is 4.85. The number of pyridine rings is 2. The number of rotatable bonds is 4. The molecule has 0 saturated carbocycles. The largest absolute Gasteiger partial charge is 0.505 e. The number of aromatic hydroxyl groups is 1. The zero-order chi connectivity index (χ0) is 21.3. The number of nitrogens with zero attached hydrogens (tertiary/aromatic N) is 3. The molecule has 1 atom stereocenters. The van der Waals surface area contributed by atoms with Gasteiger partial charge in [-0.25, -0.2) is 5.84 Å². The molecule has 0 fully saturated rings. The number of hydrazine groups is 1. The average Bonchev–Trinajstić information content (AvgIpc) is 2.76. The monoisotopic (exact) mass is 410 g/mol. The summed E-state index contributed by atoms with van der Waals surface area (Å²) in [4.78, 5) is 8.27. The molecule has 4 aromatic rings. The topological polar surface area (TPSA) is 75.3 Å². The van der Waals surface area contributed by atoms with Gasteiger partial charge >= 0.3 is 6.18 Å². The van der Waals surface area contributed by atoms with Gasteiger partial charge in [0, 0.05) is 23.3 Å². The summed E-state index contributed by atoms with van der Waals surface area (Å²) in [6.07, 6.45) is 0.227. The molecule has 8 heteroatoms. The van der Waals surface area contributed by atoms with Crippen LogP contribution < -0.4 is 10.9 Å². The molecule has 2 aromatic carbocycles. The van der Waals surface area contributed by atoms with Crippen LogP contribution in [0.2, 0.25) is 0 Å². The second-order valence-corrected chi connectivity index (χ2v) is 6.72. The fraction of sp³-hybridized carbons (Fsp3) is 0.0909. The van der Waals surface area contributed by atoms with Crippen LogP contribution in [-0.4, -0.2) is 15.1 Å². The molecule has 5 nitrogen and oxygen atoms in total. The molecule has 152 valence electrons. The van der Waals surface area contributed by atoms with Crippen molar-refractivity contribution in [2.45, 2.75) is 12.2 Å². The molecule has 0 amide bonds. The third-order valence-electron chi connectivity index (χ3n) is 4.85. The highest BCUT2D eigenvalue weighted by molar-refractivity contribution is 5.86. The minimum Gasteiger partial charge on any atom is -0.505 e. The number of phenols is 1. The van der Waals surface area contributed by atoms with E-state index in [0.717, 1.165) is 17.5 Å². The average molecular weight is 410 g/mol. The van der Waals surface area contributed by atoms with Crippen molar-refractivity contribution < 1.29 is 18.3 Å². The van der Waals surface area contributed by atoms with E-state index < -0.39 is 17.8 Å². The SMILES string of the molecule is NN(c1cccnc1)C(c1ccc(C(F)(F)F)cc1)c1ccc2cccnc2c1O. The van der Waals surface area contributed by atoms with E-state index in [4.69, 9.17) is 5.84 Å². The molecular formula is C22H17F3N4O. The Morgan fingerprint density at radius 3 is 2.33 bits per heavy atom. The summed E-state index contributed by atoms with van der Waals surface area (Å²) in [5, 5.41) is 13.0. The van der Waals surface area contributed by atoms with Crippen LogP contribution in [0.4, 0.5) is 18.9 Å². The van der Waals surface area contributed by atoms with Crippen LogP contribution in [0.1, 0.15) is 22.7 Å². The van der Waals surface area contributed by atoms with Crippen molar-refractivity contribution in [1.29, 1.82) is 0 Å². The summed E-state index contributed by atoms with van der Waals surface area (Å²) in [5.74, 6) is 6.29. The van der Waals surface area contributed by atoms with E-state index >= 15 is 0 Å². The van der Waals surface area contributed by atoms with Crippen LogP contribution in [-0.2, 0) is 6.18 Å². The standard InChI is InChI=1S/C22H17F3N4O/c23-22(24,25)16-8-5-15(6-9-16)20(29(26)17-4-2-11-27-13-17)18-10-7-14-3-1-12-28-19(14)21(18)30/h1-13,20,30H,26H2. The molecular weight excluding hydrogens is 393 g/mol. The van der Waals surface area contributed by atoms with Crippen molar-refractivity contribution in [3.05, 3.63) is 95.9 Å². The Labute approximate surface area is 170 Å². The van der Waals surface area contributed by atoms with Crippen molar-refractivity contribution in [1.82, 2.24) is 9.97 Å². The lowest BCUT2D eigenvalue weighted by atomic mass is 9.94. The summed E-state index contributed by atoms with van der Waals surface area (Å²) in [7, 11) is 0. The molecule has 2 heterocycles. The maximum Gasteiger partial charge on any atom is 0.416 e. The maximum absolute atomic E-state index is 13.0. The first-order chi connectivity index (χ1) is 14.4. The van der Waals surface area contributed by atoms with Gasteiger partial charge in [-0.3, -0.25) is 15.0 Å². The predicted molar refractivity (Wildman–Crippen MR) is 108 cm³/mol. The fourth-order valence-electron chi connectivity index (χ4n) is 3.37. The normalized spacial score (nSPS) is 12.7. The first-order valence-electron chi connectivity index (χ1n) is 9.04. The van der Waals surface area contributed by atoms with Gasteiger partial charge in [0.25, 0.3) is 0 Å². The van der Waals surface area contributed by atoms with Crippen molar-refractivity contribution in [3.63, 3.8) is 0 Å². The lowest BCUT2D eigenvalue weighted by molar-refractivity contribution is -0.137. The lowest BCUT2D eigenvalue weighted by Crippen LogP contribution is -2.36. The Morgan fingerprint density at radius 2 is 1.67 bits per heavy atom. The Morgan fingerprint density at radius 1 is 0.933 bits per heavy atom. The van der Waals surface area contributed by atoms with Gasteiger partial charge in [-0.1, -0.05) is 30.3 Å². The number of halogens is 3. The lowest BCUT2D eigenvalue weighted by Gasteiger charge is -2.30. The molecule has 2 aromatic heterocycles. The second-order valence-electron chi connectivity index (χ2n) is 6.72. The van der Waals surface area contributed by atoms with Crippen LogP contribution >= 0.6 is 0 Å². The van der Waals surface area contributed by atoms with Gasteiger partial charge in [-0.05, 0) is 35.9 Å². The van der Waals surface area contributed by atoms with Crippen molar-refractivity contribution in [3.8, 4) is 5.75 Å². The van der Waals surface area contributed by atoms with Gasteiger partial charge in [0.1, 0.15) is 11.3 Å². The summed E-state index contributed by atoms with van der Waals surface area (Å²) >= 11 is 0. The molecule has 0 aliphatic heterocycles. The van der Waals surface area contributed by atoms with Crippen LogP contribution in [0, 0.1) is 0 Å². The summed E-state index contributed by atoms with van der Waals surface area (Å²) in [5.41, 5.74) is 1.03. The Kier molecular flexibility index (Phi) is 5.01. The number of hydrogen-bond donors (Lipinski definition) is 2. The molecule has 1 unspecified atom stereocenters. The number of benzene rings is 2. The fourth-order valence-corrected chi connectivity index (χ4v) is 3.37. The van der Waals surface area contributed by atoms with Gasteiger partial charge in [0.05, 0.1) is 23.5 Å². The molecule has 0 bridgehead atoms. The van der Waals surface area contributed by atoms with E-state index in [2.05, 4.69) is 9.97 Å². The van der Waals surface area contributed by atoms with E-state index in [-0.39, 0.29) is 5.75 Å². The van der Waals surface area contributed by atoms with E-state index in [0.29, 0.717) is 22.3 Å². The molecule has 0 aliphatic rings. The highest BCUT2D eigenvalue weighted by Gasteiger charge is 2.31. The van der Waals surface area contributed by atoms with E-state index in [1.165, 1.54) is 23.3 Å². The third kappa shape index (κ3) is 3.65. The first kappa shape index (κ1) is 19.7. The van der Waals surface area contributed by atoms with Gasteiger partial charge < -0.3 is 5.11 Å². The Balaban J connectivity index is 1.87. The Hall–Kier alpha value is -3.65. The number of alkyl halides is 3. The number of hydrogen-bond acceptors (Lipinski definition) is 5. The van der Waals surface area contributed by atoms with Gasteiger partial charge in [-0.2, -0.15) is 13.2 Å². The number of nitrogens with two attached hydrogens (primary N) is 1. The Bertz CT molecular complexity index is 1160. The van der Waals surface area contributed by atoms with Crippen LogP contribution in [0.25, 0.3) is 10.9 Å². The number of aromatic nitrogens is 2. The predicted octanol–water partition coefficient (Wildman–Crippen LogP) is 4.82. The second kappa shape index (κ2) is 7.64. The minimum absolute atomic E-state index is 0.0858. The maximum atomic E-state index is 13.0. The molecule has 30 heavy (non-hydrogen) atoms. The number of anilines is 1. The molecule has 0 spiro atoms. The molecule has 0 saturated heterocycles. The number of phenolic OH excluding ortho intramolecular Hbond substituents is 1. The van der Waals surface area contributed by atoms with Crippen LogP contribution in [0.5, 0.6) is 5.75 Å². The van der Waals surface area contributed by atoms with Crippen molar-refractivity contribution in [2.75, 3.05) is 5.01 Å².